The molecule has 0 aliphatic rings. The molecular weight excluding hydrogens is 220 g/mol. The number of halogens is 1. The zero-order chi connectivity index (χ0) is 12.0. The van der Waals surface area contributed by atoms with Gasteiger partial charge in [0, 0.05) is 10.9 Å². The molecule has 0 bridgehead atoms. The lowest BCUT2D eigenvalue weighted by atomic mass is 10.2. The molecule has 0 amide bonds. The first-order valence-corrected chi connectivity index (χ1v) is 5.71. The van der Waals surface area contributed by atoms with Gasteiger partial charge in [-0.3, -0.25) is 0 Å². The molecule has 0 unspecified atom stereocenters. The van der Waals surface area contributed by atoms with Gasteiger partial charge in [0.25, 0.3) is 0 Å². The van der Waals surface area contributed by atoms with Crippen LogP contribution in [0.2, 0.25) is 5.02 Å². The van der Waals surface area contributed by atoms with E-state index < -0.39 is 0 Å². The van der Waals surface area contributed by atoms with E-state index >= 15 is 0 Å². The summed E-state index contributed by atoms with van der Waals surface area (Å²) in [6, 6.07) is 7.70. The Kier molecular flexibility index (Phi) is 5.13. The molecule has 1 nitrogen and oxygen atoms in total. The largest absolute Gasteiger partial charge is 0.494 e. The van der Waals surface area contributed by atoms with E-state index in [4.69, 9.17) is 16.3 Å². The molecule has 2 heteroatoms. The lowest BCUT2D eigenvalue weighted by molar-refractivity contribution is 0.218. The van der Waals surface area contributed by atoms with E-state index in [0.717, 1.165) is 16.3 Å². The van der Waals surface area contributed by atoms with Crippen LogP contribution in [0.15, 0.2) is 42.7 Å². The highest BCUT2D eigenvalue weighted by Gasteiger charge is 1.98. The van der Waals surface area contributed by atoms with Gasteiger partial charge >= 0.3 is 0 Å². The molecule has 86 valence electrons. The topological polar surface area (TPSA) is 9.23 Å². The maximum atomic E-state index is 5.87. The van der Waals surface area contributed by atoms with Crippen LogP contribution >= 0.6 is 11.6 Å². The van der Waals surface area contributed by atoms with Gasteiger partial charge in [-0.2, -0.15) is 0 Å². The second-order valence-corrected chi connectivity index (χ2v) is 4.33. The molecule has 0 aromatic heterocycles. The van der Waals surface area contributed by atoms with Gasteiger partial charge in [-0.1, -0.05) is 50.2 Å². The van der Waals surface area contributed by atoms with Crippen LogP contribution in [-0.2, 0) is 4.74 Å². The van der Waals surface area contributed by atoms with Crippen LogP contribution < -0.4 is 0 Å². The number of benzene rings is 1. The number of hydrogen-bond acceptors (Lipinski definition) is 1. The summed E-state index contributed by atoms with van der Waals surface area (Å²) in [5.41, 5.74) is 1.08. The maximum absolute atomic E-state index is 5.87. The van der Waals surface area contributed by atoms with Gasteiger partial charge < -0.3 is 4.74 Å². The van der Waals surface area contributed by atoms with Crippen LogP contribution in [-0.4, -0.2) is 6.61 Å². The van der Waals surface area contributed by atoms with E-state index in [1.807, 2.05) is 36.4 Å². The predicted octanol–water partition coefficient (Wildman–Crippen LogP) is 4.54. The molecule has 0 aliphatic carbocycles. The Morgan fingerprint density at radius 1 is 1.50 bits per heavy atom. The van der Waals surface area contributed by atoms with Crippen molar-refractivity contribution in [2.75, 3.05) is 6.61 Å². The molecule has 1 aromatic rings. The van der Waals surface area contributed by atoms with Gasteiger partial charge in [0.05, 0.1) is 5.76 Å². The van der Waals surface area contributed by atoms with Gasteiger partial charge in [-0.15, -0.1) is 0 Å². The van der Waals surface area contributed by atoms with E-state index in [1.54, 1.807) is 0 Å². The minimum Gasteiger partial charge on any atom is -0.494 e. The summed E-state index contributed by atoms with van der Waals surface area (Å²) < 4.78 is 5.44. The SMILES string of the molecule is C=C(OC/C=C/c1cccc(Cl)c1)C(C)C. The van der Waals surface area contributed by atoms with Crippen LogP contribution in [0.3, 0.4) is 0 Å². The highest BCUT2D eigenvalue weighted by atomic mass is 35.5. The molecule has 0 radical (unpaired) electrons. The van der Waals surface area contributed by atoms with Crippen molar-refractivity contribution < 1.29 is 4.74 Å². The fraction of sp³-hybridized carbons (Fsp3) is 0.286. The second kappa shape index (κ2) is 6.39. The predicted molar refractivity (Wildman–Crippen MR) is 70.4 cm³/mol. The standard InChI is InChI=1S/C14H17ClO/c1-11(2)12(3)16-9-5-7-13-6-4-8-14(15)10-13/h4-8,10-11H,3,9H2,1-2H3/b7-5+. The smallest absolute Gasteiger partial charge is 0.106 e. The molecule has 1 aromatic carbocycles. The first-order valence-electron chi connectivity index (χ1n) is 5.33. The van der Waals surface area contributed by atoms with Gasteiger partial charge in [0.15, 0.2) is 0 Å². The summed E-state index contributed by atoms with van der Waals surface area (Å²) in [6.45, 7) is 8.50. The maximum Gasteiger partial charge on any atom is 0.106 e. The molecule has 0 N–H and O–H groups in total. The lowest BCUT2D eigenvalue weighted by Gasteiger charge is -2.09. The molecule has 16 heavy (non-hydrogen) atoms. The van der Waals surface area contributed by atoms with Crippen molar-refractivity contribution in [3.05, 3.63) is 53.3 Å². The fourth-order valence-electron chi connectivity index (χ4n) is 1.12. The van der Waals surface area contributed by atoms with Crippen molar-refractivity contribution in [2.24, 2.45) is 5.92 Å². The average molecular weight is 237 g/mol. The summed E-state index contributed by atoms with van der Waals surface area (Å²) in [5.74, 6) is 1.18. The van der Waals surface area contributed by atoms with Crippen LogP contribution in [0, 0.1) is 5.92 Å². The minimum absolute atomic E-state index is 0.361. The molecule has 0 atom stereocenters. The van der Waals surface area contributed by atoms with Gasteiger partial charge in [-0.25, -0.2) is 0 Å². The minimum atomic E-state index is 0.361. The molecule has 0 spiro atoms. The summed E-state index contributed by atoms with van der Waals surface area (Å²) in [4.78, 5) is 0. The van der Waals surface area contributed by atoms with Crippen LogP contribution in [0.1, 0.15) is 19.4 Å². The normalized spacial score (nSPS) is 11.0. The quantitative estimate of drug-likeness (QED) is 0.682. The number of hydrogen-bond donors (Lipinski definition) is 0. The van der Waals surface area contributed by atoms with Crippen molar-refractivity contribution in [3.8, 4) is 0 Å². The molecule has 0 aliphatic heterocycles. The Hall–Kier alpha value is -1.21. The zero-order valence-corrected chi connectivity index (χ0v) is 10.5. The van der Waals surface area contributed by atoms with Crippen molar-refractivity contribution >= 4 is 17.7 Å². The zero-order valence-electron chi connectivity index (χ0n) is 9.74. The van der Waals surface area contributed by atoms with Crippen molar-refractivity contribution in [2.45, 2.75) is 13.8 Å². The first-order chi connectivity index (χ1) is 7.59. The van der Waals surface area contributed by atoms with Crippen LogP contribution in [0.5, 0.6) is 0 Å². The Morgan fingerprint density at radius 2 is 2.25 bits per heavy atom. The first kappa shape index (κ1) is 12.9. The Labute approximate surface area is 102 Å². The summed E-state index contributed by atoms with van der Waals surface area (Å²) >= 11 is 5.87. The Morgan fingerprint density at radius 3 is 2.88 bits per heavy atom. The van der Waals surface area contributed by atoms with Crippen molar-refractivity contribution in [1.29, 1.82) is 0 Å². The summed E-state index contributed by atoms with van der Waals surface area (Å²) in [7, 11) is 0. The second-order valence-electron chi connectivity index (χ2n) is 3.89. The van der Waals surface area contributed by atoms with Crippen molar-refractivity contribution in [1.82, 2.24) is 0 Å². The van der Waals surface area contributed by atoms with E-state index in [9.17, 15) is 0 Å². The summed E-state index contributed by atoms with van der Waals surface area (Å²) in [6.07, 6.45) is 3.94. The number of allylic oxidation sites excluding steroid dienone is 1. The number of ether oxygens (including phenoxy) is 1. The highest BCUT2D eigenvalue weighted by molar-refractivity contribution is 6.30. The highest BCUT2D eigenvalue weighted by Crippen LogP contribution is 2.12. The molecule has 0 fully saturated rings. The molecule has 0 heterocycles. The fourth-order valence-corrected chi connectivity index (χ4v) is 1.32. The van der Waals surface area contributed by atoms with Gasteiger partial charge in [0.1, 0.15) is 6.61 Å². The third-order valence-electron chi connectivity index (χ3n) is 2.17. The summed E-state index contributed by atoms with van der Waals surface area (Å²) in [5, 5.41) is 0.745. The average Bonchev–Trinajstić information content (AvgIpc) is 2.24. The van der Waals surface area contributed by atoms with Crippen LogP contribution in [0.25, 0.3) is 6.08 Å². The molecular formula is C14H17ClO. The van der Waals surface area contributed by atoms with E-state index in [0.29, 0.717) is 12.5 Å². The number of rotatable bonds is 5. The lowest BCUT2D eigenvalue weighted by Crippen LogP contribution is -1.97. The monoisotopic (exact) mass is 236 g/mol. The van der Waals surface area contributed by atoms with E-state index in [-0.39, 0.29) is 0 Å². The van der Waals surface area contributed by atoms with E-state index in [1.165, 1.54) is 0 Å². The molecule has 1 rings (SSSR count). The molecule has 0 saturated carbocycles. The van der Waals surface area contributed by atoms with Gasteiger partial charge in [-0.05, 0) is 23.8 Å². The van der Waals surface area contributed by atoms with Crippen LogP contribution in [0.4, 0.5) is 0 Å². The third-order valence-corrected chi connectivity index (χ3v) is 2.40. The Balaban J connectivity index is 2.41. The van der Waals surface area contributed by atoms with Gasteiger partial charge in [0.2, 0.25) is 0 Å². The Bertz CT molecular complexity index is 380. The van der Waals surface area contributed by atoms with E-state index in [2.05, 4.69) is 20.4 Å². The van der Waals surface area contributed by atoms with Crippen molar-refractivity contribution in [3.63, 3.8) is 0 Å². The third kappa shape index (κ3) is 4.54. The molecule has 0 saturated heterocycles.